The van der Waals surface area contributed by atoms with Crippen LogP contribution in [0.5, 0.6) is 0 Å². The van der Waals surface area contributed by atoms with Crippen LogP contribution in [0.15, 0.2) is 72.8 Å². The van der Waals surface area contributed by atoms with E-state index in [4.69, 9.17) is 0 Å². The third kappa shape index (κ3) is 3.18. The first-order chi connectivity index (χ1) is 13.0. The maximum absolute atomic E-state index is 13.5. The van der Waals surface area contributed by atoms with Gasteiger partial charge in [0.2, 0.25) is 0 Å². The Bertz CT molecular complexity index is 1070. The van der Waals surface area contributed by atoms with E-state index in [1.807, 2.05) is 79.7 Å². The van der Waals surface area contributed by atoms with Crippen LogP contribution in [0.1, 0.15) is 18.1 Å². The van der Waals surface area contributed by atoms with Crippen LogP contribution in [0.2, 0.25) is 0 Å². The largest absolute Gasteiger partial charge is 0.393 e. The highest BCUT2D eigenvalue weighted by atomic mass is 19.4. The Balaban J connectivity index is 2.12. The summed E-state index contributed by atoms with van der Waals surface area (Å²) in [6.07, 6.45) is -4.51. The number of hydrogen-bond acceptors (Lipinski definition) is 0. The number of fused-ring (bicyclic) bond motifs is 2. The summed E-state index contributed by atoms with van der Waals surface area (Å²) >= 11 is 0. The molecule has 2 aromatic carbocycles. The molecule has 2 aromatic rings. The smallest absolute Gasteiger partial charge is 0.171 e. The lowest BCUT2D eigenvalue weighted by molar-refractivity contribution is -0.127. The van der Waals surface area contributed by atoms with E-state index < -0.39 is 12.6 Å². The first-order valence-corrected chi connectivity index (χ1v) is 9.07. The van der Waals surface area contributed by atoms with Gasteiger partial charge in [-0.2, -0.15) is 13.2 Å². The molecule has 0 atom stereocenters. The molecule has 0 spiro atoms. The molecule has 0 aliphatic heterocycles. The number of alkyl halides is 3. The summed E-state index contributed by atoms with van der Waals surface area (Å²) in [5, 5.41) is 2.02. The Labute approximate surface area is 156 Å². The number of halogens is 3. The molecule has 3 heteroatoms. The summed E-state index contributed by atoms with van der Waals surface area (Å²) in [4.78, 5) is 0. The maximum Gasteiger partial charge on any atom is 0.393 e. The van der Waals surface area contributed by atoms with Crippen LogP contribution in [0.25, 0.3) is 33.0 Å². The zero-order chi connectivity index (χ0) is 19.0. The molecule has 0 amide bonds. The first-order valence-electron chi connectivity index (χ1n) is 9.07. The molecule has 0 unspecified atom stereocenters. The average Bonchev–Trinajstić information content (AvgIpc) is 2.79. The summed E-state index contributed by atoms with van der Waals surface area (Å²) < 4.78 is 40.5. The zero-order valence-electron chi connectivity index (χ0n) is 15.0. The molecule has 4 rings (SSSR count). The van der Waals surface area contributed by atoms with Crippen molar-refractivity contribution < 1.29 is 13.2 Å². The van der Waals surface area contributed by atoms with Crippen molar-refractivity contribution in [2.45, 2.75) is 25.9 Å². The summed E-state index contributed by atoms with van der Waals surface area (Å²) in [5.41, 5.74) is 4.58. The normalized spacial score (nSPS) is 12.0. The Morgan fingerprint density at radius 3 is 1.96 bits per heavy atom. The molecular weight excluding hydrogens is 345 g/mol. The van der Waals surface area contributed by atoms with Crippen LogP contribution in [0.4, 0.5) is 13.2 Å². The van der Waals surface area contributed by atoms with Crippen LogP contribution in [0.3, 0.4) is 0 Å². The molecule has 0 saturated heterocycles. The van der Waals surface area contributed by atoms with Gasteiger partial charge in [-0.1, -0.05) is 79.7 Å². The van der Waals surface area contributed by atoms with E-state index in [1.165, 1.54) is 0 Å². The SMILES string of the molecule is CCc1c2cccccc-2c(CC(F)(F)F)c1-c1cccc2ccccc12. The summed E-state index contributed by atoms with van der Waals surface area (Å²) in [6.45, 7) is 2.01. The van der Waals surface area contributed by atoms with Crippen molar-refractivity contribution in [2.24, 2.45) is 0 Å². The number of benzene rings is 2. The second-order valence-corrected chi connectivity index (χ2v) is 6.74. The molecule has 0 N–H and O–H groups in total. The molecule has 27 heavy (non-hydrogen) atoms. The molecule has 0 radical (unpaired) electrons. The van der Waals surface area contributed by atoms with Gasteiger partial charge in [0, 0.05) is 0 Å². The first kappa shape index (κ1) is 17.6. The van der Waals surface area contributed by atoms with Gasteiger partial charge in [-0.3, -0.25) is 0 Å². The van der Waals surface area contributed by atoms with Gasteiger partial charge in [0.15, 0.2) is 0 Å². The van der Waals surface area contributed by atoms with Gasteiger partial charge >= 0.3 is 6.18 Å². The van der Waals surface area contributed by atoms with Gasteiger partial charge in [-0.25, -0.2) is 0 Å². The minimum absolute atomic E-state index is 0.377. The van der Waals surface area contributed by atoms with Crippen LogP contribution >= 0.6 is 0 Å². The van der Waals surface area contributed by atoms with E-state index >= 15 is 0 Å². The second-order valence-electron chi connectivity index (χ2n) is 6.74. The highest BCUT2D eigenvalue weighted by Gasteiger charge is 2.34. The zero-order valence-corrected chi connectivity index (χ0v) is 15.0. The molecule has 0 aromatic heterocycles. The number of hydrogen-bond donors (Lipinski definition) is 0. The van der Waals surface area contributed by atoms with Crippen molar-refractivity contribution in [3.05, 3.63) is 83.9 Å². The molecular formula is C24H19F3. The molecule has 136 valence electrons. The van der Waals surface area contributed by atoms with Gasteiger partial charge in [0.25, 0.3) is 0 Å². The van der Waals surface area contributed by atoms with Crippen molar-refractivity contribution in [3.63, 3.8) is 0 Å². The van der Waals surface area contributed by atoms with Crippen molar-refractivity contribution in [3.8, 4) is 22.3 Å². The summed E-state index contributed by atoms with van der Waals surface area (Å²) in [6, 6.07) is 23.0. The lowest BCUT2D eigenvalue weighted by atomic mass is 9.93. The Morgan fingerprint density at radius 2 is 1.26 bits per heavy atom. The highest BCUT2D eigenvalue weighted by molar-refractivity contribution is 6.02. The van der Waals surface area contributed by atoms with Gasteiger partial charge in [-0.15, -0.1) is 0 Å². The Kier molecular flexibility index (Phi) is 4.39. The molecule has 2 aliphatic carbocycles. The molecule has 0 fully saturated rings. The fourth-order valence-electron chi connectivity index (χ4n) is 4.04. The van der Waals surface area contributed by atoms with E-state index in [9.17, 15) is 13.2 Å². The summed E-state index contributed by atoms with van der Waals surface area (Å²) in [7, 11) is 0. The van der Waals surface area contributed by atoms with Gasteiger partial charge < -0.3 is 0 Å². The fourth-order valence-corrected chi connectivity index (χ4v) is 4.04. The molecule has 0 saturated carbocycles. The van der Waals surface area contributed by atoms with E-state index in [-0.39, 0.29) is 0 Å². The quantitative estimate of drug-likeness (QED) is 0.358. The number of rotatable bonds is 3. The monoisotopic (exact) mass is 364 g/mol. The Hall–Kier alpha value is -2.81. The van der Waals surface area contributed by atoms with E-state index in [1.54, 1.807) is 0 Å². The molecule has 0 nitrogen and oxygen atoms in total. The van der Waals surface area contributed by atoms with Gasteiger partial charge in [0.05, 0.1) is 6.42 Å². The highest BCUT2D eigenvalue weighted by Crippen LogP contribution is 2.46. The standard InChI is InChI=1S/C24H19F3/c1-2-17-19-12-4-3-5-13-20(19)22(15-24(25,26)27)23(17)21-14-8-10-16-9-6-7-11-18(16)21/h3-14H,2,15H2,1H3. The molecule has 2 aliphatic rings. The minimum atomic E-state index is -4.26. The van der Waals surface area contributed by atoms with Crippen molar-refractivity contribution >= 4 is 10.8 Å². The predicted octanol–water partition coefficient (Wildman–Crippen LogP) is 7.28. The molecule has 0 heterocycles. The van der Waals surface area contributed by atoms with Crippen LogP contribution in [-0.2, 0) is 12.8 Å². The van der Waals surface area contributed by atoms with Crippen molar-refractivity contribution in [1.82, 2.24) is 0 Å². The van der Waals surface area contributed by atoms with Crippen LogP contribution in [0, 0.1) is 0 Å². The average molecular weight is 364 g/mol. The lowest BCUT2D eigenvalue weighted by Crippen LogP contribution is -2.12. The third-order valence-electron chi connectivity index (χ3n) is 5.08. The maximum atomic E-state index is 13.5. The topological polar surface area (TPSA) is 0 Å². The second kappa shape index (κ2) is 6.73. The van der Waals surface area contributed by atoms with Gasteiger partial charge in [-0.05, 0) is 50.6 Å². The van der Waals surface area contributed by atoms with Crippen molar-refractivity contribution in [1.29, 1.82) is 0 Å². The van der Waals surface area contributed by atoms with E-state index in [2.05, 4.69) is 0 Å². The van der Waals surface area contributed by atoms with E-state index in [0.29, 0.717) is 17.5 Å². The van der Waals surface area contributed by atoms with Crippen LogP contribution < -0.4 is 0 Å². The van der Waals surface area contributed by atoms with Crippen molar-refractivity contribution in [2.75, 3.05) is 0 Å². The predicted molar refractivity (Wildman–Crippen MR) is 105 cm³/mol. The fraction of sp³-hybridized carbons (Fsp3) is 0.167. The third-order valence-corrected chi connectivity index (χ3v) is 5.08. The molecule has 0 bridgehead atoms. The summed E-state index contributed by atoms with van der Waals surface area (Å²) in [5.74, 6) is 0. The van der Waals surface area contributed by atoms with Crippen LogP contribution in [-0.4, -0.2) is 6.18 Å². The minimum Gasteiger partial charge on any atom is -0.171 e. The van der Waals surface area contributed by atoms with E-state index in [0.717, 1.165) is 33.0 Å². The lowest BCUT2D eigenvalue weighted by Gasteiger charge is -2.13. The Morgan fingerprint density at radius 1 is 0.667 bits per heavy atom. The van der Waals surface area contributed by atoms with Gasteiger partial charge in [0.1, 0.15) is 0 Å².